The summed E-state index contributed by atoms with van der Waals surface area (Å²) >= 11 is 1.48. The first-order valence-electron chi connectivity index (χ1n) is 11.0. The molecule has 15 heteroatoms. The third-order valence-electron chi connectivity index (χ3n) is 4.88. The number of carboxylic acid groups (broad SMARTS) is 1. The zero-order valence-electron chi connectivity index (χ0n) is 19.8. The van der Waals surface area contributed by atoms with Crippen molar-refractivity contribution < 1.29 is 24.3 Å². The summed E-state index contributed by atoms with van der Waals surface area (Å²) < 4.78 is 0. The minimum Gasteiger partial charge on any atom is -0.480 e. The maximum atomic E-state index is 13.0. The fourth-order valence-corrected chi connectivity index (χ4v) is 3.40. The van der Waals surface area contributed by atoms with Gasteiger partial charge in [0.25, 0.3) is 0 Å². The lowest BCUT2D eigenvalue weighted by atomic mass is 10.1. The van der Waals surface area contributed by atoms with Crippen LogP contribution in [0, 0.1) is 0 Å². The van der Waals surface area contributed by atoms with E-state index in [1.807, 2.05) is 6.26 Å². The number of guanidine groups is 1. The summed E-state index contributed by atoms with van der Waals surface area (Å²) in [5.74, 6) is -2.57. The Kier molecular flexibility index (Phi) is 13.2. The Labute approximate surface area is 207 Å². The SMILES string of the molecule is CSCCC(NC(=O)C(N)Cc1cnc[nH]1)C(=O)NC(CCCN=C(N)N)C(=O)NC(C)C(=O)O. The van der Waals surface area contributed by atoms with E-state index in [1.165, 1.54) is 25.0 Å². The number of carbonyl (C=O) groups excluding carboxylic acids is 3. The summed E-state index contributed by atoms with van der Waals surface area (Å²) in [5.41, 5.74) is 17.3. The maximum absolute atomic E-state index is 13.0. The summed E-state index contributed by atoms with van der Waals surface area (Å²) in [7, 11) is 0. The van der Waals surface area contributed by atoms with Crippen LogP contribution in [0.15, 0.2) is 17.5 Å². The number of aliphatic imine (C=N–C) groups is 1. The molecule has 1 aromatic heterocycles. The molecule has 0 saturated carbocycles. The van der Waals surface area contributed by atoms with Gasteiger partial charge in [-0.1, -0.05) is 0 Å². The molecule has 0 saturated heterocycles. The number of imidazole rings is 1. The van der Waals surface area contributed by atoms with Crippen LogP contribution in [0.4, 0.5) is 0 Å². The molecule has 196 valence electrons. The molecule has 0 fully saturated rings. The number of aliphatic carboxylic acids is 1. The predicted molar refractivity (Wildman–Crippen MR) is 132 cm³/mol. The van der Waals surface area contributed by atoms with Crippen LogP contribution in [-0.4, -0.2) is 87.4 Å². The fourth-order valence-electron chi connectivity index (χ4n) is 2.93. The Morgan fingerprint density at radius 3 is 2.31 bits per heavy atom. The van der Waals surface area contributed by atoms with Crippen LogP contribution >= 0.6 is 11.8 Å². The molecule has 11 N–H and O–H groups in total. The van der Waals surface area contributed by atoms with E-state index in [0.717, 1.165) is 0 Å². The molecular weight excluding hydrogens is 478 g/mol. The van der Waals surface area contributed by atoms with Crippen LogP contribution in [0.2, 0.25) is 0 Å². The van der Waals surface area contributed by atoms with Gasteiger partial charge in [-0.2, -0.15) is 11.8 Å². The largest absolute Gasteiger partial charge is 0.480 e. The number of carboxylic acids is 1. The lowest BCUT2D eigenvalue weighted by Gasteiger charge is -2.24. The lowest BCUT2D eigenvalue weighted by molar-refractivity contribution is -0.141. The fraction of sp³-hybridized carbons (Fsp3) is 0.600. The van der Waals surface area contributed by atoms with Crippen molar-refractivity contribution in [1.82, 2.24) is 25.9 Å². The monoisotopic (exact) mass is 513 g/mol. The van der Waals surface area contributed by atoms with Crippen molar-refractivity contribution in [3.8, 4) is 0 Å². The van der Waals surface area contributed by atoms with E-state index in [0.29, 0.717) is 24.3 Å². The standard InChI is InChI=1S/C20H35N9O5S/c1-11(19(33)34)27-17(31)14(4-3-6-25-20(22)23)29-18(32)15(5-7-35-2)28-16(30)13(21)8-12-9-24-10-26-12/h9-11,13-15H,3-8,21H2,1-2H3,(H,24,26)(H,27,31)(H,28,30)(H,29,32)(H,33,34)(H4,22,23,25). The topological polar surface area (TPSA) is 244 Å². The van der Waals surface area contributed by atoms with E-state index < -0.39 is 47.9 Å². The summed E-state index contributed by atoms with van der Waals surface area (Å²) in [5, 5.41) is 16.7. The molecule has 14 nitrogen and oxygen atoms in total. The summed E-state index contributed by atoms with van der Waals surface area (Å²) in [6, 6.07) is -4.10. The Bertz CT molecular complexity index is 861. The van der Waals surface area contributed by atoms with Crippen molar-refractivity contribution in [2.24, 2.45) is 22.2 Å². The van der Waals surface area contributed by atoms with Crippen LogP contribution in [0.5, 0.6) is 0 Å². The van der Waals surface area contributed by atoms with Gasteiger partial charge in [-0.25, -0.2) is 4.98 Å². The molecule has 0 aliphatic heterocycles. The highest BCUT2D eigenvalue weighted by atomic mass is 32.2. The van der Waals surface area contributed by atoms with Gasteiger partial charge in [0.1, 0.15) is 18.1 Å². The number of nitrogens with zero attached hydrogens (tertiary/aromatic N) is 2. The van der Waals surface area contributed by atoms with E-state index in [4.69, 9.17) is 22.3 Å². The molecule has 0 aliphatic carbocycles. The quantitative estimate of drug-likeness (QED) is 0.0664. The molecule has 1 heterocycles. The first kappa shape index (κ1) is 29.7. The van der Waals surface area contributed by atoms with Crippen LogP contribution in [0.3, 0.4) is 0 Å². The summed E-state index contributed by atoms with van der Waals surface area (Å²) in [6.45, 7) is 1.52. The van der Waals surface area contributed by atoms with Crippen molar-refractivity contribution in [3.05, 3.63) is 18.2 Å². The van der Waals surface area contributed by atoms with Gasteiger partial charge in [0.05, 0.1) is 12.4 Å². The van der Waals surface area contributed by atoms with E-state index in [2.05, 4.69) is 30.9 Å². The first-order valence-corrected chi connectivity index (χ1v) is 12.4. The van der Waals surface area contributed by atoms with Gasteiger partial charge in [-0.05, 0) is 38.2 Å². The second kappa shape index (κ2) is 15.5. The number of aromatic nitrogens is 2. The van der Waals surface area contributed by atoms with Crippen LogP contribution < -0.4 is 33.2 Å². The Morgan fingerprint density at radius 1 is 1.11 bits per heavy atom. The molecule has 0 radical (unpaired) electrons. The predicted octanol–water partition coefficient (Wildman–Crippen LogP) is -2.35. The molecule has 4 unspecified atom stereocenters. The van der Waals surface area contributed by atoms with E-state index >= 15 is 0 Å². The average Bonchev–Trinajstić information content (AvgIpc) is 3.30. The summed E-state index contributed by atoms with van der Waals surface area (Å²) in [4.78, 5) is 60.0. The Hall–Kier alpha value is -3.33. The van der Waals surface area contributed by atoms with E-state index in [1.54, 1.807) is 6.20 Å². The third-order valence-corrected chi connectivity index (χ3v) is 5.53. The maximum Gasteiger partial charge on any atom is 0.325 e. The van der Waals surface area contributed by atoms with Crippen molar-refractivity contribution in [2.75, 3.05) is 18.6 Å². The number of H-pyrrole nitrogens is 1. The number of hydrogen-bond donors (Lipinski definition) is 8. The van der Waals surface area contributed by atoms with E-state index in [-0.39, 0.29) is 25.3 Å². The van der Waals surface area contributed by atoms with Gasteiger partial charge in [-0.3, -0.25) is 24.2 Å². The third kappa shape index (κ3) is 11.6. The minimum absolute atomic E-state index is 0.110. The number of carbonyl (C=O) groups is 4. The second-order valence-corrected chi connectivity index (χ2v) is 8.79. The van der Waals surface area contributed by atoms with Crippen molar-refractivity contribution in [1.29, 1.82) is 0 Å². The normalized spacial score (nSPS) is 14.1. The number of nitrogens with one attached hydrogen (secondary N) is 4. The smallest absolute Gasteiger partial charge is 0.325 e. The number of hydrogen-bond acceptors (Lipinski definition) is 8. The molecule has 0 aliphatic rings. The van der Waals surface area contributed by atoms with Crippen molar-refractivity contribution in [2.45, 2.75) is 56.8 Å². The van der Waals surface area contributed by atoms with Gasteiger partial charge < -0.3 is 43.2 Å². The van der Waals surface area contributed by atoms with Crippen LogP contribution in [-0.2, 0) is 25.6 Å². The lowest BCUT2D eigenvalue weighted by Crippen LogP contribution is -2.57. The molecule has 35 heavy (non-hydrogen) atoms. The van der Waals surface area contributed by atoms with Crippen molar-refractivity contribution in [3.63, 3.8) is 0 Å². The highest BCUT2D eigenvalue weighted by molar-refractivity contribution is 7.98. The van der Waals surface area contributed by atoms with Crippen LogP contribution in [0.1, 0.15) is 31.9 Å². The highest BCUT2D eigenvalue weighted by Gasteiger charge is 2.29. The molecule has 1 rings (SSSR count). The van der Waals surface area contributed by atoms with Gasteiger partial charge in [0, 0.05) is 24.9 Å². The number of rotatable bonds is 16. The van der Waals surface area contributed by atoms with E-state index in [9.17, 15) is 19.2 Å². The van der Waals surface area contributed by atoms with Gasteiger partial charge in [0.15, 0.2) is 5.96 Å². The molecule has 0 aromatic carbocycles. The van der Waals surface area contributed by atoms with Crippen molar-refractivity contribution >= 4 is 41.4 Å². The zero-order chi connectivity index (χ0) is 26.4. The average molecular weight is 514 g/mol. The zero-order valence-corrected chi connectivity index (χ0v) is 20.6. The summed E-state index contributed by atoms with van der Waals surface area (Å²) in [6.07, 6.45) is 5.85. The molecular formula is C20H35N9O5S. The van der Waals surface area contributed by atoms with Crippen LogP contribution in [0.25, 0.3) is 0 Å². The second-order valence-electron chi connectivity index (χ2n) is 7.81. The number of aromatic amines is 1. The molecule has 1 aromatic rings. The highest BCUT2D eigenvalue weighted by Crippen LogP contribution is 2.06. The Morgan fingerprint density at radius 2 is 1.74 bits per heavy atom. The molecule has 4 atom stereocenters. The minimum atomic E-state index is -1.22. The first-order chi connectivity index (χ1) is 16.5. The molecule has 0 bridgehead atoms. The number of nitrogens with two attached hydrogens (primary N) is 3. The molecule has 0 spiro atoms. The number of thioether (sulfide) groups is 1. The molecule has 3 amide bonds. The Balaban J connectivity index is 2.89. The van der Waals surface area contributed by atoms with Gasteiger partial charge in [0.2, 0.25) is 17.7 Å². The van der Waals surface area contributed by atoms with Gasteiger partial charge >= 0.3 is 5.97 Å². The number of amides is 3. The van der Waals surface area contributed by atoms with Gasteiger partial charge in [-0.15, -0.1) is 0 Å².